The highest BCUT2D eigenvalue weighted by Crippen LogP contribution is 2.41. The van der Waals surface area contributed by atoms with E-state index in [0.29, 0.717) is 36.7 Å². The molecule has 11 heteroatoms. The van der Waals surface area contributed by atoms with Crippen molar-refractivity contribution in [3.63, 3.8) is 0 Å². The second kappa shape index (κ2) is 17.8. The third-order valence-corrected chi connectivity index (χ3v) is 15.2. The average molecular weight is 775 g/mol. The van der Waals surface area contributed by atoms with E-state index in [4.69, 9.17) is 13.7 Å². The highest BCUT2D eigenvalue weighted by Gasteiger charge is 2.40. The Morgan fingerprint density at radius 3 is 2.20 bits per heavy atom. The van der Waals surface area contributed by atoms with Crippen LogP contribution >= 0.6 is 0 Å². The number of rotatable bonds is 18. The first kappa shape index (κ1) is 40.6. The topological polar surface area (TPSA) is 142 Å². The van der Waals surface area contributed by atoms with Gasteiger partial charge < -0.3 is 39.5 Å². The number of aromatic nitrogens is 2. The van der Waals surface area contributed by atoms with Crippen LogP contribution in [0.5, 0.6) is 11.5 Å². The van der Waals surface area contributed by atoms with E-state index in [1.807, 2.05) is 84.9 Å². The quantitative estimate of drug-likeness (QED) is 0.0435. The van der Waals surface area contributed by atoms with E-state index in [1.165, 1.54) is 11.6 Å². The van der Waals surface area contributed by atoms with Gasteiger partial charge in [0, 0.05) is 24.1 Å². The molecule has 2 aromatic heterocycles. The number of phenols is 1. The predicted molar refractivity (Wildman–Crippen MR) is 224 cm³/mol. The van der Waals surface area contributed by atoms with E-state index in [-0.39, 0.29) is 22.5 Å². The fraction of sp³-hybridized carbons (Fsp3) is 0.333. The SMILES string of the molecule is CC(C)(C)[Si](C)(C)OC(CNCCc1ccc(OCCCNCc2cc(C(O)(c3ccccc3)c3ccccc3)no2)cc1)c1ccc(O)c2[nH]c(=O)ccc12. The molecule has 1 unspecified atom stereocenters. The van der Waals surface area contributed by atoms with Crippen molar-refractivity contribution in [2.24, 2.45) is 0 Å². The van der Waals surface area contributed by atoms with Crippen molar-refractivity contribution in [3.05, 3.63) is 159 Å². The largest absolute Gasteiger partial charge is 0.506 e. The first-order valence-corrected chi connectivity index (χ1v) is 22.2. The molecule has 0 saturated heterocycles. The minimum absolute atomic E-state index is 0.00999. The predicted octanol–water partition coefficient (Wildman–Crippen LogP) is 7.96. The number of aliphatic hydroxyl groups is 1. The van der Waals surface area contributed by atoms with E-state index in [1.54, 1.807) is 12.1 Å². The Labute approximate surface area is 330 Å². The number of aromatic hydroxyl groups is 1. The lowest BCUT2D eigenvalue weighted by Gasteiger charge is -2.39. The number of aromatic amines is 1. The number of H-pyrrole nitrogens is 1. The third-order valence-electron chi connectivity index (χ3n) is 10.7. The molecular formula is C45H54N4O6Si. The Hall–Kier alpha value is -5.04. The molecule has 294 valence electrons. The monoisotopic (exact) mass is 774 g/mol. The first-order valence-electron chi connectivity index (χ1n) is 19.3. The van der Waals surface area contributed by atoms with Gasteiger partial charge in [0.15, 0.2) is 19.7 Å². The van der Waals surface area contributed by atoms with Gasteiger partial charge in [-0.15, -0.1) is 0 Å². The minimum Gasteiger partial charge on any atom is -0.506 e. The molecule has 0 bridgehead atoms. The molecule has 0 saturated carbocycles. The summed E-state index contributed by atoms with van der Waals surface area (Å²) in [5.41, 5.74) is 2.75. The maximum atomic E-state index is 12.0. The Balaban J connectivity index is 0.958. The van der Waals surface area contributed by atoms with E-state index in [9.17, 15) is 15.0 Å². The second-order valence-electron chi connectivity index (χ2n) is 15.7. The van der Waals surface area contributed by atoms with E-state index in [2.05, 4.69) is 66.8 Å². The van der Waals surface area contributed by atoms with Gasteiger partial charge in [0.2, 0.25) is 5.56 Å². The summed E-state index contributed by atoms with van der Waals surface area (Å²) in [6.07, 6.45) is 1.37. The van der Waals surface area contributed by atoms with Crippen LogP contribution in [0.3, 0.4) is 0 Å². The summed E-state index contributed by atoms with van der Waals surface area (Å²) in [6.45, 7) is 14.2. The number of phenolic OH excluding ortho intramolecular Hbond substituents is 1. The lowest BCUT2D eigenvalue weighted by molar-refractivity contribution is 0.116. The van der Waals surface area contributed by atoms with E-state index >= 15 is 0 Å². The molecule has 6 rings (SSSR count). The van der Waals surface area contributed by atoms with Gasteiger partial charge in [-0.1, -0.05) is 105 Å². The zero-order valence-electron chi connectivity index (χ0n) is 33.0. The summed E-state index contributed by atoms with van der Waals surface area (Å²) < 4.78 is 18.6. The fourth-order valence-corrected chi connectivity index (χ4v) is 7.77. The first-order chi connectivity index (χ1) is 26.8. The molecule has 0 aliphatic carbocycles. The van der Waals surface area contributed by atoms with Crippen molar-refractivity contribution < 1.29 is 23.9 Å². The molecule has 10 nitrogen and oxygen atoms in total. The number of nitrogens with one attached hydrogen (secondary N) is 3. The van der Waals surface area contributed by atoms with Crippen molar-refractivity contribution in [2.75, 3.05) is 26.2 Å². The number of fused-ring (bicyclic) bond motifs is 1. The van der Waals surface area contributed by atoms with Crippen LogP contribution < -0.4 is 20.9 Å². The Bertz CT molecular complexity index is 2180. The smallest absolute Gasteiger partial charge is 0.248 e. The Morgan fingerprint density at radius 2 is 1.54 bits per heavy atom. The molecule has 2 heterocycles. The van der Waals surface area contributed by atoms with Crippen LogP contribution in [0.1, 0.15) is 67.0 Å². The second-order valence-corrected chi connectivity index (χ2v) is 20.5. The molecule has 0 amide bonds. The lowest BCUT2D eigenvalue weighted by atomic mass is 9.83. The van der Waals surface area contributed by atoms with Crippen molar-refractivity contribution in [1.82, 2.24) is 20.8 Å². The molecule has 5 N–H and O–H groups in total. The molecule has 6 aromatic rings. The van der Waals surface area contributed by atoms with Crippen LogP contribution in [0.25, 0.3) is 10.9 Å². The maximum Gasteiger partial charge on any atom is 0.248 e. The normalized spacial score (nSPS) is 12.9. The molecule has 0 fully saturated rings. The molecule has 56 heavy (non-hydrogen) atoms. The highest BCUT2D eigenvalue weighted by atomic mass is 28.4. The zero-order valence-corrected chi connectivity index (χ0v) is 34.0. The van der Waals surface area contributed by atoms with Crippen molar-refractivity contribution in [1.29, 1.82) is 0 Å². The maximum absolute atomic E-state index is 12.0. The summed E-state index contributed by atoms with van der Waals surface area (Å²) in [6, 6.07) is 35.8. The average Bonchev–Trinajstić information content (AvgIpc) is 3.68. The highest BCUT2D eigenvalue weighted by molar-refractivity contribution is 6.74. The van der Waals surface area contributed by atoms with E-state index in [0.717, 1.165) is 53.8 Å². The van der Waals surface area contributed by atoms with Crippen LogP contribution in [0, 0.1) is 0 Å². The fourth-order valence-electron chi connectivity index (χ4n) is 6.49. The van der Waals surface area contributed by atoms with Crippen molar-refractivity contribution >= 4 is 19.2 Å². The van der Waals surface area contributed by atoms with Crippen LogP contribution in [0.15, 0.2) is 125 Å². The zero-order chi connectivity index (χ0) is 39.8. The summed E-state index contributed by atoms with van der Waals surface area (Å²) in [4.78, 5) is 14.8. The van der Waals surface area contributed by atoms with Gasteiger partial charge >= 0.3 is 0 Å². The number of pyridine rings is 1. The lowest BCUT2D eigenvalue weighted by Crippen LogP contribution is -2.43. The van der Waals surface area contributed by atoms with Crippen LogP contribution in [0.4, 0.5) is 0 Å². The van der Waals surface area contributed by atoms with Crippen molar-refractivity contribution in [3.8, 4) is 11.5 Å². The minimum atomic E-state index is -2.16. The van der Waals surface area contributed by atoms with Gasteiger partial charge in [-0.2, -0.15) is 0 Å². The molecule has 0 spiro atoms. The number of ether oxygens (including phenoxy) is 1. The van der Waals surface area contributed by atoms with Gasteiger partial charge in [-0.05, 0) is 90.6 Å². The van der Waals surface area contributed by atoms with Gasteiger partial charge in [0.1, 0.15) is 17.2 Å². The molecule has 0 aliphatic heterocycles. The summed E-state index contributed by atoms with van der Waals surface area (Å²) in [5.74, 6) is 1.50. The number of nitrogens with zero attached hydrogens (tertiary/aromatic N) is 1. The summed E-state index contributed by atoms with van der Waals surface area (Å²) >= 11 is 0. The molecule has 0 aliphatic rings. The van der Waals surface area contributed by atoms with Crippen molar-refractivity contribution in [2.45, 2.75) is 70.0 Å². The van der Waals surface area contributed by atoms with Gasteiger partial charge in [-0.25, -0.2) is 0 Å². The molecule has 0 radical (unpaired) electrons. The number of hydrogen-bond acceptors (Lipinski definition) is 9. The Morgan fingerprint density at radius 1 is 0.857 bits per heavy atom. The van der Waals surface area contributed by atoms with Crippen LogP contribution in [0.2, 0.25) is 18.1 Å². The molecular weight excluding hydrogens is 721 g/mol. The van der Waals surface area contributed by atoms with E-state index < -0.39 is 13.9 Å². The molecule has 1 atom stereocenters. The summed E-state index contributed by atoms with van der Waals surface area (Å²) in [5, 5.41) is 34.5. The number of benzene rings is 4. The third kappa shape index (κ3) is 9.66. The van der Waals surface area contributed by atoms with Crippen LogP contribution in [-0.2, 0) is 23.0 Å². The standard InChI is InChI=1S/C45H54N4O6Si/c1-44(2,3)56(4,5)55-40(37-21-23-39(50)43-38(37)22-24-42(51)48-43)31-47-27-25-32-17-19-35(20-18-32)53-28-12-26-46-30-36-29-41(49-54-36)45(52,33-13-8-6-9-14-33)34-15-10-7-11-16-34/h6-11,13-24,29,40,46-47,50,52H,12,25-28,30-31H2,1-5H3,(H,48,51). The van der Waals surface area contributed by atoms with Gasteiger partial charge in [0.05, 0.1) is 24.8 Å². The molecule has 4 aromatic carbocycles. The Kier molecular flexibility index (Phi) is 12.9. The van der Waals surface area contributed by atoms with Gasteiger partial charge in [-0.3, -0.25) is 4.79 Å². The summed E-state index contributed by atoms with van der Waals surface area (Å²) in [7, 11) is -2.16. The van der Waals surface area contributed by atoms with Gasteiger partial charge in [0.25, 0.3) is 0 Å². The number of hydrogen-bond donors (Lipinski definition) is 5. The van der Waals surface area contributed by atoms with Crippen LogP contribution in [-0.4, -0.2) is 54.9 Å².